The largest absolute Gasteiger partial charge is 0.507 e. The van der Waals surface area contributed by atoms with Gasteiger partial charge in [0.15, 0.2) is 11.6 Å². The molecule has 0 aromatic heterocycles. The van der Waals surface area contributed by atoms with Gasteiger partial charge in [-0.3, -0.25) is 19.2 Å². The standard InChI is InChI=1S/C20H16O6/c1-9(21)7-11-8-13(23)17-18(15(11)10(2)22)19(24)12-5-4-6-14(26-3)16(12)20(17)25/h4-6,8,23H,7H2,1-3H3. The number of hydrogen-bond donors (Lipinski definition) is 1. The molecule has 26 heavy (non-hydrogen) atoms. The van der Waals surface area contributed by atoms with Gasteiger partial charge in [0, 0.05) is 23.1 Å². The zero-order valence-corrected chi connectivity index (χ0v) is 14.5. The van der Waals surface area contributed by atoms with Crippen molar-refractivity contribution in [1.29, 1.82) is 0 Å². The summed E-state index contributed by atoms with van der Waals surface area (Å²) in [6.45, 7) is 2.60. The van der Waals surface area contributed by atoms with E-state index in [0.29, 0.717) is 0 Å². The number of benzene rings is 2. The van der Waals surface area contributed by atoms with Crippen LogP contribution in [0.5, 0.6) is 11.5 Å². The van der Waals surface area contributed by atoms with Crippen molar-refractivity contribution < 1.29 is 29.0 Å². The van der Waals surface area contributed by atoms with Gasteiger partial charge in [-0.2, -0.15) is 0 Å². The van der Waals surface area contributed by atoms with E-state index in [0.717, 1.165) is 0 Å². The first-order chi connectivity index (χ1) is 12.3. The molecule has 2 aromatic carbocycles. The number of carbonyl (C=O) groups is 4. The molecule has 0 unspecified atom stereocenters. The Balaban J connectivity index is 2.40. The number of rotatable bonds is 4. The number of Topliss-reactive ketones (excluding diaryl/α,β-unsaturated/α-hetero) is 2. The number of phenolic OH excluding ortho intramolecular Hbond substituents is 1. The lowest BCUT2D eigenvalue weighted by Gasteiger charge is -2.23. The van der Waals surface area contributed by atoms with Gasteiger partial charge in [0.25, 0.3) is 0 Å². The van der Waals surface area contributed by atoms with Crippen LogP contribution in [0.25, 0.3) is 0 Å². The van der Waals surface area contributed by atoms with Crippen molar-refractivity contribution in [2.24, 2.45) is 0 Å². The van der Waals surface area contributed by atoms with Crippen molar-refractivity contribution in [1.82, 2.24) is 0 Å². The number of phenols is 1. The second kappa shape index (κ2) is 6.22. The Morgan fingerprint density at radius 3 is 2.31 bits per heavy atom. The SMILES string of the molecule is COc1cccc2c1C(=O)c1c(O)cc(CC(C)=O)c(C(C)=O)c1C2=O. The number of aromatic hydroxyl groups is 1. The van der Waals surface area contributed by atoms with E-state index in [2.05, 4.69) is 0 Å². The summed E-state index contributed by atoms with van der Waals surface area (Å²) in [6.07, 6.45) is -0.123. The van der Waals surface area contributed by atoms with Crippen molar-refractivity contribution >= 4 is 23.1 Å². The molecule has 132 valence electrons. The van der Waals surface area contributed by atoms with E-state index in [4.69, 9.17) is 4.74 Å². The van der Waals surface area contributed by atoms with Crippen LogP contribution in [0.15, 0.2) is 24.3 Å². The van der Waals surface area contributed by atoms with Crippen molar-refractivity contribution in [3.8, 4) is 11.5 Å². The topological polar surface area (TPSA) is 97.7 Å². The Hall–Kier alpha value is -3.28. The first-order valence-electron chi connectivity index (χ1n) is 7.93. The molecule has 3 rings (SSSR count). The Morgan fingerprint density at radius 2 is 1.73 bits per heavy atom. The summed E-state index contributed by atoms with van der Waals surface area (Å²) in [4.78, 5) is 49.8. The van der Waals surface area contributed by atoms with Crippen molar-refractivity contribution in [3.63, 3.8) is 0 Å². The third kappa shape index (κ3) is 2.50. The Morgan fingerprint density at radius 1 is 1.04 bits per heavy atom. The minimum absolute atomic E-state index is 0.000167. The number of methoxy groups -OCH3 is 1. The summed E-state index contributed by atoms with van der Waals surface area (Å²) >= 11 is 0. The molecule has 6 heteroatoms. The molecular formula is C20H16O6. The number of hydrogen-bond acceptors (Lipinski definition) is 6. The predicted octanol–water partition coefficient (Wildman–Crippen LogP) is 2.51. The van der Waals surface area contributed by atoms with Crippen molar-refractivity contribution in [3.05, 3.63) is 57.6 Å². The van der Waals surface area contributed by atoms with Gasteiger partial charge in [-0.15, -0.1) is 0 Å². The normalized spacial score (nSPS) is 12.4. The van der Waals surface area contributed by atoms with E-state index >= 15 is 0 Å². The van der Waals surface area contributed by atoms with Crippen molar-refractivity contribution in [2.75, 3.05) is 7.11 Å². The van der Waals surface area contributed by atoms with Gasteiger partial charge < -0.3 is 9.84 Å². The van der Waals surface area contributed by atoms with Crippen LogP contribution < -0.4 is 4.74 Å². The number of fused-ring (bicyclic) bond motifs is 2. The molecule has 1 N–H and O–H groups in total. The molecule has 0 fully saturated rings. The molecule has 0 radical (unpaired) electrons. The number of ether oxygens (including phenoxy) is 1. The van der Waals surface area contributed by atoms with E-state index < -0.39 is 23.1 Å². The molecule has 0 heterocycles. The summed E-state index contributed by atoms with van der Waals surface area (Å²) in [7, 11) is 1.37. The highest BCUT2D eigenvalue weighted by Gasteiger charge is 2.38. The summed E-state index contributed by atoms with van der Waals surface area (Å²) in [5.74, 6) is -2.06. The smallest absolute Gasteiger partial charge is 0.202 e. The highest BCUT2D eigenvalue weighted by Crippen LogP contribution is 2.39. The minimum atomic E-state index is -0.596. The van der Waals surface area contributed by atoms with Crippen LogP contribution in [-0.4, -0.2) is 35.3 Å². The average Bonchev–Trinajstić information content (AvgIpc) is 2.57. The van der Waals surface area contributed by atoms with Gasteiger partial charge >= 0.3 is 0 Å². The number of carbonyl (C=O) groups excluding carboxylic acids is 4. The molecule has 0 aliphatic heterocycles. The van der Waals surface area contributed by atoms with Gasteiger partial charge in [-0.1, -0.05) is 12.1 Å². The van der Waals surface area contributed by atoms with E-state index in [-0.39, 0.29) is 51.3 Å². The maximum absolute atomic E-state index is 13.1. The highest BCUT2D eigenvalue weighted by atomic mass is 16.5. The average molecular weight is 352 g/mol. The third-order valence-corrected chi connectivity index (χ3v) is 4.35. The van der Waals surface area contributed by atoms with Crippen LogP contribution in [0.1, 0.15) is 61.6 Å². The second-order valence-corrected chi connectivity index (χ2v) is 6.16. The lowest BCUT2D eigenvalue weighted by molar-refractivity contribution is -0.116. The van der Waals surface area contributed by atoms with Gasteiger partial charge in [0.1, 0.15) is 17.3 Å². The van der Waals surface area contributed by atoms with Gasteiger partial charge in [0.05, 0.1) is 18.2 Å². The molecule has 2 aromatic rings. The maximum Gasteiger partial charge on any atom is 0.202 e. The summed E-state index contributed by atoms with van der Waals surface area (Å²) < 4.78 is 5.17. The van der Waals surface area contributed by atoms with Crippen LogP contribution in [0, 0.1) is 0 Å². The zero-order chi connectivity index (χ0) is 19.2. The van der Waals surface area contributed by atoms with E-state index in [1.807, 2.05) is 0 Å². The fraction of sp³-hybridized carbons (Fsp3) is 0.200. The Kier molecular flexibility index (Phi) is 4.20. The van der Waals surface area contributed by atoms with Crippen LogP contribution in [0.2, 0.25) is 0 Å². The Labute approximate surface area is 149 Å². The molecule has 0 atom stereocenters. The van der Waals surface area contributed by atoms with Crippen LogP contribution in [0.3, 0.4) is 0 Å². The van der Waals surface area contributed by atoms with Crippen LogP contribution in [0.4, 0.5) is 0 Å². The Bertz CT molecular complexity index is 1000. The predicted molar refractivity (Wildman–Crippen MR) is 92.4 cm³/mol. The second-order valence-electron chi connectivity index (χ2n) is 6.16. The van der Waals surface area contributed by atoms with E-state index in [9.17, 15) is 24.3 Å². The first kappa shape index (κ1) is 17.5. The molecule has 0 saturated heterocycles. The zero-order valence-electron chi connectivity index (χ0n) is 14.5. The lowest BCUT2D eigenvalue weighted by Crippen LogP contribution is -2.25. The van der Waals surface area contributed by atoms with Crippen LogP contribution >= 0.6 is 0 Å². The van der Waals surface area contributed by atoms with Gasteiger partial charge in [-0.05, 0) is 31.5 Å². The van der Waals surface area contributed by atoms with Gasteiger partial charge in [0.2, 0.25) is 5.78 Å². The molecule has 0 spiro atoms. The quantitative estimate of drug-likeness (QED) is 0.725. The minimum Gasteiger partial charge on any atom is -0.507 e. The molecule has 0 bridgehead atoms. The molecule has 6 nitrogen and oxygen atoms in total. The number of ketones is 4. The molecule has 1 aliphatic rings. The van der Waals surface area contributed by atoms with Crippen LogP contribution in [-0.2, 0) is 11.2 Å². The lowest BCUT2D eigenvalue weighted by atomic mass is 9.78. The fourth-order valence-electron chi connectivity index (χ4n) is 3.37. The first-order valence-corrected chi connectivity index (χ1v) is 7.93. The highest BCUT2D eigenvalue weighted by molar-refractivity contribution is 6.32. The maximum atomic E-state index is 13.1. The molecule has 0 saturated carbocycles. The third-order valence-electron chi connectivity index (χ3n) is 4.35. The fourth-order valence-corrected chi connectivity index (χ4v) is 3.37. The summed E-state index contributed by atoms with van der Waals surface area (Å²) in [6, 6.07) is 5.80. The van der Waals surface area contributed by atoms with Gasteiger partial charge in [-0.25, -0.2) is 0 Å². The molecule has 0 amide bonds. The summed E-state index contributed by atoms with van der Waals surface area (Å²) in [5, 5.41) is 10.4. The van der Waals surface area contributed by atoms with Crippen molar-refractivity contribution in [2.45, 2.75) is 20.3 Å². The molecule has 1 aliphatic carbocycles. The molecular weight excluding hydrogens is 336 g/mol. The van der Waals surface area contributed by atoms with E-state index in [1.165, 1.54) is 33.1 Å². The summed E-state index contributed by atoms with van der Waals surface area (Å²) in [5.41, 5.74) is -0.00193. The monoisotopic (exact) mass is 352 g/mol. The van der Waals surface area contributed by atoms with E-state index in [1.54, 1.807) is 12.1 Å².